The summed E-state index contributed by atoms with van der Waals surface area (Å²) in [5, 5.41) is 5.39. The number of anilines is 1. The molecule has 3 amide bonds. The van der Waals surface area contributed by atoms with Gasteiger partial charge >= 0.3 is 0 Å². The summed E-state index contributed by atoms with van der Waals surface area (Å²) in [6.45, 7) is 5.05. The first kappa shape index (κ1) is 23.6. The van der Waals surface area contributed by atoms with E-state index in [1.807, 2.05) is 20.8 Å². The van der Waals surface area contributed by atoms with Gasteiger partial charge in [-0.3, -0.25) is 24.3 Å². The topological polar surface area (TPSA) is 105 Å². The Balaban J connectivity index is 1.98. The zero-order valence-corrected chi connectivity index (χ0v) is 18.5. The number of aromatic nitrogens is 1. The number of rotatable bonds is 7. The molecule has 0 saturated heterocycles. The number of hydrogen-bond donors (Lipinski definition) is 2. The minimum atomic E-state index is -1.09. The van der Waals surface area contributed by atoms with E-state index in [0.717, 1.165) is 0 Å². The van der Waals surface area contributed by atoms with Gasteiger partial charge in [0, 0.05) is 23.6 Å². The third-order valence-electron chi connectivity index (χ3n) is 4.55. The van der Waals surface area contributed by atoms with Crippen molar-refractivity contribution in [2.75, 3.05) is 11.4 Å². The predicted octanol–water partition coefficient (Wildman–Crippen LogP) is 3.23. The Morgan fingerprint density at radius 3 is 2.30 bits per heavy atom. The lowest BCUT2D eigenvalue weighted by Crippen LogP contribution is -2.51. The lowest BCUT2D eigenvalue weighted by Gasteiger charge is -2.33. The minimum Gasteiger partial charge on any atom is -0.459 e. The van der Waals surface area contributed by atoms with Crippen LogP contribution in [0, 0.1) is 5.82 Å². The van der Waals surface area contributed by atoms with Gasteiger partial charge in [-0.15, -0.1) is 0 Å². The maximum atomic E-state index is 13.6. The molecule has 2 heterocycles. The molecule has 0 aliphatic carbocycles. The van der Waals surface area contributed by atoms with E-state index in [0.29, 0.717) is 11.3 Å². The molecule has 172 valence electrons. The average molecular weight is 452 g/mol. The molecule has 9 heteroatoms. The Kier molecular flexibility index (Phi) is 7.22. The molecule has 3 aromatic rings. The molecule has 0 bridgehead atoms. The van der Waals surface area contributed by atoms with E-state index in [1.165, 1.54) is 53.9 Å². The van der Waals surface area contributed by atoms with E-state index in [2.05, 4.69) is 15.6 Å². The molecule has 0 saturated carbocycles. The molecule has 2 aromatic heterocycles. The highest BCUT2D eigenvalue weighted by Crippen LogP contribution is 2.28. The normalized spacial score (nSPS) is 12.0. The van der Waals surface area contributed by atoms with Crippen LogP contribution in [0.2, 0.25) is 0 Å². The van der Waals surface area contributed by atoms with Crippen molar-refractivity contribution < 1.29 is 23.2 Å². The van der Waals surface area contributed by atoms with Gasteiger partial charge in [0.1, 0.15) is 11.9 Å². The number of halogens is 1. The summed E-state index contributed by atoms with van der Waals surface area (Å²) >= 11 is 0. The molecule has 0 aliphatic rings. The monoisotopic (exact) mass is 452 g/mol. The summed E-state index contributed by atoms with van der Waals surface area (Å²) in [6.07, 6.45) is 4.37. The molecule has 0 aliphatic heterocycles. The molecular formula is C24H25FN4O4. The van der Waals surface area contributed by atoms with Crippen molar-refractivity contribution in [3.8, 4) is 0 Å². The van der Waals surface area contributed by atoms with E-state index in [1.54, 1.807) is 18.2 Å². The average Bonchev–Trinajstić information content (AvgIpc) is 3.31. The van der Waals surface area contributed by atoms with E-state index in [4.69, 9.17) is 4.42 Å². The smallest absolute Gasteiger partial charge is 0.287 e. The van der Waals surface area contributed by atoms with E-state index in [-0.39, 0.29) is 5.76 Å². The van der Waals surface area contributed by atoms with Crippen LogP contribution in [0.15, 0.2) is 71.6 Å². The lowest BCUT2D eigenvalue weighted by molar-refractivity contribution is -0.127. The largest absolute Gasteiger partial charge is 0.459 e. The maximum Gasteiger partial charge on any atom is 0.287 e. The molecule has 0 fully saturated rings. The summed E-state index contributed by atoms with van der Waals surface area (Å²) < 4.78 is 18.7. The van der Waals surface area contributed by atoms with Gasteiger partial charge < -0.3 is 15.1 Å². The van der Waals surface area contributed by atoms with Crippen LogP contribution in [0.25, 0.3) is 0 Å². The zero-order chi connectivity index (χ0) is 24.0. The van der Waals surface area contributed by atoms with Gasteiger partial charge in [-0.25, -0.2) is 4.39 Å². The third kappa shape index (κ3) is 6.25. The summed E-state index contributed by atoms with van der Waals surface area (Å²) in [4.78, 5) is 44.2. The van der Waals surface area contributed by atoms with Gasteiger partial charge in [0.15, 0.2) is 5.76 Å². The van der Waals surface area contributed by atoms with Crippen LogP contribution in [-0.4, -0.2) is 34.8 Å². The molecule has 0 unspecified atom stereocenters. The predicted molar refractivity (Wildman–Crippen MR) is 120 cm³/mol. The molecule has 33 heavy (non-hydrogen) atoms. The molecule has 0 spiro atoms. The Morgan fingerprint density at radius 1 is 1.06 bits per heavy atom. The van der Waals surface area contributed by atoms with E-state index >= 15 is 0 Å². The summed E-state index contributed by atoms with van der Waals surface area (Å²) in [6, 6.07) is 10.4. The minimum absolute atomic E-state index is 0.0484. The highest BCUT2D eigenvalue weighted by atomic mass is 19.1. The van der Waals surface area contributed by atoms with E-state index in [9.17, 15) is 18.8 Å². The van der Waals surface area contributed by atoms with Crippen molar-refractivity contribution in [2.45, 2.75) is 32.4 Å². The molecule has 3 rings (SSSR count). The fourth-order valence-corrected chi connectivity index (χ4v) is 3.18. The van der Waals surface area contributed by atoms with Crippen molar-refractivity contribution >= 4 is 23.4 Å². The van der Waals surface area contributed by atoms with Gasteiger partial charge in [0.05, 0.1) is 12.8 Å². The van der Waals surface area contributed by atoms with Crippen molar-refractivity contribution in [3.63, 3.8) is 0 Å². The molecule has 1 atom stereocenters. The van der Waals surface area contributed by atoms with Crippen LogP contribution in [0.5, 0.6) is 0 Å². The SMILES string of the molecule is CC(C)(C)NC(=O)[C@H](c1ccncc1)N(C(=O)CNC(=O)c1ccco1)c1ccc(F)cc1. The Bertz CT molecular complexity index is 1090. The number of carbonyl (C=O) groups excluding carboxylic acids is 3. The molecule has 8 nitrogen and oxygen atoms in total. The molecular weight excluding hydrogens is 427 g/mol. The van der Waals surface area contributed by atoms with Gasteiger partial charge in [-0.1, -0.05) is 0 Å². The van der Waals surface area contributed by atoms with E-state index < -0.39 is 41.7 Å². The molecule has 0 radical (unpaired) electrons. The Morgan fingerprint density at radius 2 is 1.73 bits per heavy atom. The second-order valence-corrected chi connectivity index (χ2v) is 8.32. The number of furan rings is 1. The highest BCUT2D eigenvalue weighted by Gasteiger charge is 2.34. The summed E-state index contributed by atoms with van der Waals surface area (Å²) in [5.74, 6) is -2.03. The molecule has 2 N–H and O–H groups in total. The fraction of sp³-hybridized carbons (Fsp3) is 0.250. The Hall–Kier alpha value is -4.01. The summed E-state index contributed by atoms with van der Waals surface area (Å²) in [5.41, 5.74) is 0.217. The number of amides is 3. The number of nitrogens with zero attached hydrogens (tertiary/aromatic N) is 2. The summed E-state index contributed by atoms with van der Waals surface area (Å²) in [7, 11) is 0. The van der Waals surface area contributed by atoms with Crippen molar-refractivity contribution in [1.82, 2.24) is 15.6 Å². The second kappa shape index (κ2) is 10.1. The zero-order valence-electron chi connectivity index (χ0n) is 18.5. The van der Waals surface area contributed by atoms with Crippen LogP contribution in [0.4, 0.5) is 10.1 Å². The van der Waals surface area contributed by atoms with Gasteiger partial charge in [-0.05, 0) is 74.9 Å². The third-order valence-corrected chi connectivity index (χ3v) is 4.55. The first-order valence-corrected chi connectivity index (χ1v) is 10.3. The standard InChI is InChI=1S/C24H25FN4O4/c1-24(2,3)28-23(32)21(16-10-12-26-13-11-16)29(18-8-6-17(25)7-9-18)20(30)15-27-22(31)19-5-4-14-33-19/h4-14,21H,15H2,1-3H3,(H,27,31)(H,28,32)/t21-/m0/s1. The lowest BCUT2D eigenvalue weighted by atomic mass is 10.0. The van der Waals surface area contributed by atoms with Gasteiger partial charge in [-0.2, -0.15) is 0 Å². The second-order valence-electron chi connectivity index (χ2n) is 8.32. The Labute approximate surface area is 190 Å². The molecule has 1 aromatic carbocycles. The first-order chi connectivity index (χ1) is 15.7. The van der Waals surface area contributed by atoms with Crippen molar-refractivity contribution in [1.29, 1.82) is 0 Å². The number of benzene rings is 1. The number of carbonyl (C=O) groups is 3. The van der Waals surface area contributed by atoms with Gasteiger partial charge in [0.25, 0.3) is 5.91 Å². The van der Waals surface area contributed by atoms with Gasteiger partial charge in [0.2, 0.25) is 11.8 Å². The quantitative estimate of drug-likeness (QED) is 0.573. The highest BCUT2D eigenvalue weighted by molar-refractivity contribution is 6.04. The van der Waals surface area contributed by atoms with Crippen LogP contribution in [0.1, 0.15) is 42.9 Å². The van der Waals surface area contributed by atoms with Crippen LogP contribution in [0.3, 0.4) is 0 Å². The maximum absolute atomic E-state index is 13.6. The number of hydrogen-bond acceptors (Lipinski definition) is 5. The van der Waals surface area contributed by atoms with Crippen molar-refractivity contribution in [3.05, 3.63) is 84.3 Å². The first-order valence-electron chi connectivity index (χ1n) is 10.3. The van der Waals surface area contributed by atoms with Crippen molar-refractivity contribution in [2.24, 2.45) is 0 Å². The number of pyridine rings is 1. The van der Waals surface area contributed by atoms with Crippen LogP contribution in [-0.2, 0) is 9.59 Å². The number of nitrogens with one attached hydrogen (secondary N) is 2. The fourth-order valence-electron chi connectivity index (χ4n) is 3.18. The van der Waals surface area contributed by atoms with Crippen LogP contribution >= 0.6 is 0 Å². The van der Waals surface area contributed by atoms with Crippen LogP contribution < -0.4 is 15.5 Å².